The number of rotatable bonds is 6. The van der Waals surface area contributed by atoms with E-state index in [1.165, 1.54) is 25.0 Å². The molecule has 94 valence electrons. The van der Waals surface area contributed by atoms with Crippen molar-refractivity contribution in [2.24, 2.45) is 0 Å². The molecule has 17 heavy (non-hydrogen) atoms. The first-order valence-corrected chi connectivity index (χ1v) is 6.83. The van der Waals surface area contributed by atoms with Crippen LogP contribution in [-0.4, -0.2) is 18.7 Å². The Labute approximate surface area is 110 Å². The molecule has 0 aromatic heterocycles. The van der Waals surface area contributed by atoms with Gasteiger partial charge in [-0.3, -0.25) is 0 Å². The first-order valence-electron chi connectivity index (χ1n) is 6.04. The van der Waals surface area contributed by atoms with E-state index < -0.39 is 0 Å². The number of halogens is 2. The van der Waals surface area contributed by atoms with Crippen molar-refractivity contribution < 1.29 is 9.13 Å². The minimum Gasteiger partial charge on any atom is -0.488 e. The maximum absolute atomic E-state index is 13.1. The molecule has 1 atom stereocenters. The Morgan fingerprint density at radius 2 is 2.29 bits per heavy atom. The zero-order valence-electron chi connectivity index (χ0n) is 9.88. The summed E-state index contributed by atoms with van der Waals surface area (Å²) in [7, 11) is 0. The van der Waals surface area contributed by atoms with Crippen LogP contribution in [0.5, 0.6) is 5.75 Å². The van der Waals surface area contributed by atoms with Crippen LogP contribution in [-0.2, 0) is 0 Å². The third kappa shape index (κ3) is 3.96. The van der Waals surface area contributed by atoms with Crippen molar-refractivity contribution in [2.45, 2.75) is 38.3 Å². The Kier molecular flexibility index (Phi) is 4.40. The molecule has 0 amide bonds. The van der Waals surface area contributed by atoms with E-state index in [-0.39, 0.29) is 11.9 Å². The summed E-state index contributed by atoms with van der Waals surface area (Å²) in [6, 6.07) is 5.18. The third-order valence-corrected chi connectivity index (χ3v) is 3.51. The lowest BCUT2D eigenvalue weighted by atomic mass is 10.2. The van der Waals surface area contributed by atoms with Gasteiger partial charge in [0.05, 0.1) is 4.47 Å². The van der Waals surface area contributed by atoms with E-state index in [9.17, 15) is 4.39 Å². The van der Waals surface area contributed by atoms with Crippen LogP contribution in [0, 0.1) is 5.82 Å². The third-order valence-electron chi connectivity index (χ3n) is 2.85. The summed E-state index contributed by atoms with van der Waals surface area (Å²) >= 11 is 3.37. The van der Waals surface area contributed by atoms with Gasteiger partial charge in [-0.2, -0.15) is 0 Å². The van der Waals surface area contributed by atoms with Crippen molar-refractivity contribution >= 4 is 15.9 Å². The fourth-order valence-electron chi connectivity index (χ4n) is 1.60. The van der Waals surface area contributed by atoms with Crippen molar-refractivity contribution in [3.63, 3.8) is 0 Å². The van der Waals surface area contributed by atoms with Crippen LogP contribution in [0.1, 0.15) is 26.2 Å². The monoisotopic (exact) mass is 301 g/mol. The molecule has 1 saturated carbocycles. The molecule has 1 unspecified atom stereocenters. The smallest absolute Gasteiger partial charge is 0.136 e. The summed E-state index contributed by atoms with van der Waals surface area (Å²) in [5.74, 6) is 0.308. The highest BCUT2D eigenvalue weighted by Gasteiger charge is 2.22. The predicted octanol–water partition coefficient (Wildman–Crippen LogP) is 3.50. The van der Waals surface area contributed by atoms with Gasteiger partial charge in [0.15, 0.2) is 0 Å². The molecule has 0 spiro atoms. The fraction of sp³-hybridized carbons (Fsp3) is 0.538. The van der Waals surface area contributed by atoms with Crippen LogP contribution in [0.3, 0.4) is 0 Å². The highest BCUT2D eigenvalue weighted by atomic mass is 79.9. The van der Waals surface area contributed by atoms with Gasteiger partial charge >= 0.3 is 0 Å². The van der Waals surface area contributed by atoms with Crippen LogP contribution in [0.25, 0.3) is 0 Å². The molecule has 4 heteroatoms. The van der Waals surface area contributed by atoms with E-state index in [0.717, 1.165) is 17.4 Å². The lowest BCUT2D eigenvalue weighted by molar-refractivity contribution is 0.191. The molecule has 1 aliphatic rings. The molecule has 1 fully saturated rings. The number of benzene rings is 1. The zero-order valence-corrected chi connectivity index (χ0v) is 11.5. The molecule has 1 aliphatic carbocycles. The lowest BCUT2D eigenvalue weighted by Gasteiger charge is -2.19. The van der Waals surface area contributed by atoms with Gasteiger partial charge in [-0.1, -0.05) is 6.92 Å². The number of ether oxygens (including phenoxy) is 1. The summed E-state index contributed by atoms with van der Waals surface area (Å²) in [5.41, 5.74) is 0. The molecule has 0 bridgehead atoms. The summed E-state index contributed by atoms with van der Waals surface area (Å²) in [4.78, 5) is 0. The Bertz CT molecular complexity index is 382. The summed E-state index contributed by atoms with van der Waals surface area (Å²) in [6.45, 7) is 2.90. The first kappa shape index (κ1) is 12.8. The highest BCUT2D eigenvalue weighted by molar-refractivity contribution is 9.10. The second kappa shape index (κ2) is 5.83. The van der Waals surface area contributed by atoms with Crippen LogP contribution in [0.15, 0.2) is 22.7 Å². The van der Waals surface area contributed by atoms with Crippen molar-refractivity contribution in [1.29, 1.82) is 0 Å². The summed E-state index contributed by atoms with van der Waals surface area (Å²) in [6.07, 6.45) is 3.52. The maximum Gasteiger partial charge on any atom is 0.136 e. The molecular weight excluding hydrogens is 285 g/mol. The van der Waals surface area contributed by atoms with E-state index in [2.05, 4.69) is 28.2 Å². The molecule has 2 nitrogen and oxygen atoms in total. The largest absolute Gasteiger partial charge is 0.488 e. The molecule has 1 aromatic carbocycles. The Morgan fingerprint density at radius 1 is 1.53 bits per heavy atom. The van der Waals surface area contributed by atoms with Crippen molar-refractivity contribution in [2.75, 3.05) is 6.54 Å². The van der Waals surface area contributed by atoms with E-state index >= 15 is 0 Å². The average molecular weight is 302 g/mol. The topological polar surface area (TPSA) is 21.3 Å². The zero-order chi connectivity index (χ0) is 12.3. The van der Waals surface area contributed by atoms with Gasteiger partial charge in [0, 0.05) is 18.7 Å². The molecule has 1 aromatic rings. The minimum absolute atomic E-state index is 0.0914. The van der Waals surface area contributed by atoms with Crippen LogP contribution in [0.4, 0.5) is 4.39 Å². The highest BCUT2D eigenvalue weighted by Crippen LogP contribution is 2.27. The normalized spacial score (nSPS) is 16.9. The number of hydrogen-bond donors (Lipinski definition) is 1. The van der Waals surface area contributed by atoms with Gasteiger partial charge in [0.2, 0.25) is 0 Å². The van der Waals surface area contributed by atoms with Gasteiger partial charge in [0.1, 0.15) is 17.7 Å². The molecule has 0 aliphatic heterocycles. The van der Waals surface area contributed by atoms with E-state index in [1.807, 2.05) is 0 Å². The number of nitrogens with one attached hydrogen (secondary N) is 1. The molecule has 0 saturated heterocycles. The summed E-state index contributed by atoms with van der Waals surface area (Å²) < 4.78 is 19.7. The first-order chi connectivity index (χ1) is 8.19. The van der Waals surface area contributed by atoms with Crippen molar-refractivity contribution in [3.05, 3.63) is 28.5 Å². The molecular formula is C13H17BrFNO. The SMILES string of the molecule is CCC(CNC1CC1)Oc1cc(F)ccc1Br. The van der Waals surface area contributed by atoms with Crippen molar-refractivity contribution in [1.82, 2.24) is 5.32 Å². The lowest BCUT2D eigenvalue weighted by Crippen LogP contribution is -2.32. The van der Waals surface area contributed by atoms with Gasteiger partial charge in [0.25, 0.3) is 0 Å². The van der Waals surface area contributed by atoms with Gasteiger partial charge < -0.3 is 10.1 Å². The molecule has 0 radical (unpaired) electrons. The Hall–Kier alpha value is -0.610. The van der Waals surface area contributed by atoms with Crippen LogP contribution < -0.4 is 10.1 Å². The van der Waals surface area contributed by atoms with E-state index in [4.69, 9.17) is 4.74 Å². The molecule has 0 heterocycles. The Morgan fingerprint density at radius 3 is 2.94 bits per heavy atom. The Balaban J connectivity index is 1.93. The fourth-order valence-corrected chi connectivity index (χ4v) is 1.94. The van der Waals surface area contributed by atoms with Crippen LogP contribution >= 0.6 is 15.9 Å². The van der Waals surface area contributed by atoms with Crippen molar-refractivity contribution in [3.8, 4) is 5.75 Å². The number of hydrogen-bond acceptors (Lipinski definition) is 2. The molecule has 1 N–H and O–H groups in total. The average Bonchev–Trinajstić information content (AvgIpc) is 3.12. The minimum atomic E-state index is -0.270. The predicted molar refractivity (Wildman–Crippen MR) is 69.8 cm³/mol. The standard InChI is InChI=1S/C13H17BrFNO/c1-2-11(8-16-10-4-5-10)17-13-7-9(15)3-6-12(13)14/h3,6-7,10-11,16H,2,4-5,8H2,1H3. The quantitative estimate of drug-likeness (QED) is 0.868. The van der Waals surface area contributed by atoms with Gasteiger partial charge in [-0.25, -0.2) is 4.39 Å². The van der Waals surface area contributed by atoms with E-state index in [1.54, 1.807) is 6.07 Å². The second-order valence-electron chi connectivity index (χ2n) is 4.41. The summed E-state index contributed by atoms with van der Waals surface area (Å²) in [5, 5.41) is 3.43. The van der Waals surface area contributed by atoms with Crippen LogP contribution in [0.2, 0.25) is 0 Å². The van der Waals surface area contributed by atoms with Gasteiger partial charge in [-0.15, -0.1) is 0 Å². The molecule has 2 rings (SSSR count). The maximum atomic E-state index is 13.1. The van der Waals surface area contributed by atoms with E-state index in [0.29, 0.717) is 11.8 Å². The second-order valence-corrected chi connectivity index (χ2v) is 5.26. The van der Waals surface area contributed by atoms with Gasteiger partial charge in [-0.05, 0) is 47.3 Å².